The summed E-state index contributed by atoms with van der Waals surface area (Å²) in [6, 6.07) is 0. The van der Waals surface area contributed by atoms with Gasteiger partial charge in [-0.1, -0.05) is 25.5 Å². The Morgan fingerprint density at radius 3 is 2.17 bits per heavy atom. The van der Waals surface area contributed by atoms with Crippen molar-refractivity contribution in [3.63, 3.8) is 0 Å². The van der Waals surface area contributed by atoms with Gasteiger partial charge in [0, 0.05) is 13.1 Å². The minimum absolute atomic E-state index is 0.606. The van der Waals surface area contributed by atoms with E-state index in [2.05, 4.69) is 13.2 Å². The van der Waals surface area contributed by atoms with Crippen molar-refractivity contribution in [1.29, 1.82) is 0 Å². The second kappa shape index (κ2) is 7.07. The SMILES string of the molecule is C=CCN(CC=C)C([O])CCC. The van der Waals surface area contributed by atoms with Crippen molar-refractivity contribution in [2.75, 3.05) is 13.1 Å². The molecule has 2 nitrogen and oxygen atoms in total. The Morgan fingerprint density at radius 2 is 1.83 bits per heavy atom. The van der Waals surface area contributed by atoms with E-state index in [1.165, 1.54) is 0 Å². The highest BCUT2D eigenvalue weighted by molar-refractivity contribution is 4.80. The van der Waals surface area contributed by atoms with E-state index in [1.54, 1.807) is 12.2 Å². The Labute approximate surface area is 75.2 Å². The van der Waals surface area contributed by atoms with Gasteiger partial charge in [-0.3, -0.25) is 4.90 Å². The third-order valence-corrected chi connectivity index (χ3v) is 1.67. The summed E-state index contributed by atoms with van der Waals surface area (Å²) in [5, 5.41) is 11.4. The first-order valence-electron chi connectivity index (χ1n) is 4.37. The molecule has 1 radical (unpaired) electrons. The van der Waals surface area contributed by atoms with E-state index in [9.17, 15) is 5.11 Å². The lowest BCUT2D eigenvalue weighted by Gasteiger charge is -2.22. The number of rotatable bonds is 7. The van der Waals surface area contributed by atoms with Gasteiger partial charge < -0.3 is 0 Å². The molecule has 0 aliphatic rings. The van der Waals surface area contributed by atoms with Crippen molar-refractivity contribution in [3.8, 4) is 0 Å². The van der Waals surface area contributed by atoms with Gasteiger partial charge in [0.25, 0.3) is 0 Å². The predicted molar refractivity (Wildman–Crippen MR) is 51.3 cm³/mol. The zero-order chi connectivity index (χ0) is 9.40. The van der Waals surface area contributed by atoms with Crippen LogP contribution in [0.5, 0.6) is 0 Å². The van der Waals surface area contributed by atoms with Gasteiger partial charge >= 0.3 is 0 Å². The topological polar surface area (TPSA) is 23.1 Å². The van der Waals surface area contributed by atoms with Crippen molar-refractivity contribution < 1.29 is 5.11 Å². The fourth-order valence-electron chi connectivity index (χ4n) is 1.07. The molecule has 0 aliphatic carbocycles. The molecule has 0 bridgehead atoms. The lowest BCUT2D eigenvalue weighted by molar-refractivity contribution is -0.0422. The Bertz CT molecular complexity index is 124. The standard InChI is InChI=1S/C10H18NO/c1-4-7-10(12)11(8-5-2)9-6-3/h5-6,10H,2-4,7-9H2,1H3. The van der Waals surface area contributed by atoms with E-state index in [0.29, 0.717) is 19.5 Å². The molecule has 0 aromatic carbocycles. The fourth-order valence-corrected chi connectivity index (χ4v) is 1.07. The lowest BCUT2D eigenvalue weighted by atomic mass is 10.2. The molecule has 1 unspecified atom stereocenters. The molecule has 0 heterocycles. The first-order valence-corrected chi connectivity index (χ1v) is 4.37. The van der Waals surface area contributed by atoms with Crippen LogP contribution in [0.4, 0.5) is 0 Å². The Morgan fingerprint density at radius 1 is 1.33 bits per heavy atom. The molecule has 0 saturated carbocycles. The molecule has 2 heteroatoms. The average Bonchev–Trinajstić information content (AvgIpc) is 2.04. The monoisotopic (exact) mass is 168 g/mol. The van der Waals surface area contributed by atoms with Gasteiger partial charge in [-0.15, -0.1) is 13.2 Å². The largest absolute Gasteiger partial charge is 0.268 e. The molecule has 0 amide bonds. The van der Waals surface area contributed by atoms with Gasteiger partial charge in [0.05, 0.1) is 0 Å². The quantitative estimate of drug-likeness (QED) is 0.422. The lowest BCUT2D eigenvalue weighted by Crippen LogP contribution is -2.34. The van der Waals surface area contributed by atoms with Gasteiger partial charge in [-0.05, 0) is 6.42 Å². The summed E-state index contributed by atoms with van der Waals surface area (Å²) in [6.07, 6.45) is 4.53. The van der Waals surface area contributed by atoms with Crippen LogP contribution in [0.15, 0.2) is 25.3 Å². The molecule has 0 aromatic heterocycles. The molecule has 1 atom stereocenters. The van der Waals surface area contributed by atoms with Crippen LogP contribution in [0.1, 0.15) is 19.8 Å². The fraction of sp³-hybridized carbons (Fsp3) is 0.600. The minimum Gasteiger partial charge on any atom is -0.268 e. The maximum Gasteiger partial charge on any atom is 0.146 e. The molecule has 0 spiro atoms. The van der Waals surface area contributed by atoms with E-state index in [0.717, 1.165) is 6.42 Å². The van der Waals surface area contributed by atoms with Crippen molar-refractivity contribution in [2.45, 2.75) is 26.0 Å². The van der Waals surface area contributed by atoms with Gasteiger partial charge in [0.1, 0.15) is 6.23 Å². The predicted octanol–water partition coefficient (Wildman–Crippen LogP) is 2.22. The van der Waals surface area contributed by atoms with E-state index >= 15 is 0 Å². The zero-order valence-corrected chi connectivity index (χ0v) is 7.83. The number of nitrogens with zero attached hydrogens (tertiary/aromatic N) is 1. The molecule has 0 fully saturated rings. The summed E-state index contributed by atoms with van der Waals surface area (Å²) in [6.45, 7) is 10.5. The average molecular weight is 168 g/mol. The molecular weight excluding hydrogens is 150 g/mol. The highest BCUT2D eigenvalue weighted by Crippen LogP contribution is 2.04. The van der Waals surface area contributed by atoms with Gasteiger partial charge in [0.2, 0.25) is 0 Å². The van der Waals surface area contributed by atoms with Crippen LogP contribution in [0.25, 0.3) is 0 Å². The van der Waals surface area contributed by atoms with Crippen molar-refractivity contribution in [1.82, 2.24) is 4.90 Å². The van der Waals surface area contributed by atoms with Crippen molar-refractivity contribution in [2.24, 2.45) is 0 Å². The summed E-state index contributed by atoms with van der Waals surface area (Å²) in [4.78, 5) is 1.82. The normalized spacial score (nSPS) is 12.9. The molecule has 0 rings (SSSR count). The van der Waals surface area contributed by atoms with Crippen LogP contribution in [0.3, 0.4) is 0 Å². The Kier molecular flexibility index (Phi) is 6.72. The van der Waals surface area contributed by atoms with Crippen LogP contribution < -0.4 is 0 Å². The Hall–Kier alpha value is -0.600. The number of hydrogen-bond acceptors (Lipinski definition) is 1. The number of hydrogen-bond donors (Lipinski definition) is 0. The summed E-state index contributed by atoms with van der Waals surface area (Å²) in [5.74, 6) is 0. The molecule has 69 valence electrons. The third-order valence-electron chi connectivity index (χ3n) is 1.67. The van der Waals surface area contributed by atoms with Crippen LogP contribution in [0.2, 0.25) is 0 Å². The summed E-state index contributed by atoms with van der Waals surface area (Å²) in [5.41, 5.74) is 0. The van der Waals surface area contributed by atoms with Crippen molar-refractivity contribution in [3.05, 3.63) is 25.3 Å². The Balaban J connectivity index is 3.88. The van der Waals surface area contributed by atoms with E-state index < -0.39 is 6.23 Å². The van der Waals surface area contributed by atoms with Crippen LogP contribution >= 0.6 is 0 Å². The highest BCUT2D eigenvalue weighted by atomic mass is 16.3. The summed E-state index contributed by atoms with van der Waals surface area (Å²) in [7, 11) is 0. The molecule has 0 aliphatic heterocycles. The van der Waals surface area contributed by atoms with Gasteiger partial charge in [-0.25, -0.2) is 5.11 Å². The van der Waals surface area contributed by atoms with Crippen LogP contribution in [-0.2, 0) is 5.11 Å². The highest BCUT2D eigenvalue weighted by Gasteiger charge is 2.12. The van der Waals surface area contributed by atoms with Crippen LogP contribution in [-0.4, -0.2) is 24.2 Å². The summed E-state index contributed by atoms with van der Waals surface area (Å²) < 4.78 is 0. The molecule has 0 aromatic rings. The molecule has 0 N–H and O–H groups in total. The van der Waals surface area contributed by atoms with Crippen molar-refractivity contribution >= 4 is 0 Å². The maximum absolute atomic E-state index is 11.4. The molecular formula is C10H18NO. The summed E-state index contributed by atoms with van der Waals surface area (Å²) >= 11 is 0. The van der Waals surface area contributed by atoms with Crippen LogP contribution in [0, 0.1) is 0 Å². The molecule has 12 heavy (non-hydrogen) atoms. The second-order valence-corrected chi connectivity index (χ2v) is 2.77. The van der Waals surface area contributed by atoms with E-state index in [-0.39, 0.29) is 0 Å². The molecule has 0 saturated heterocycles. The van der Waals surface area contributed by atoms with Gasteiger partial charge in [-0.2, -0.15) is 0 Å². The minimum atomic E-state index is -0.606. The first kappa shape index (κ1) is 11.4. The maximum atomic E-state index is 11.4. The third kappa shape index (κ3) is 4.31. The zero-order valence-electron chi connectivity index (χ0n) is 7.83. The second-order valence-electron chi connectivity index (χ2n) is 2.77. The smallest absolute Gasteiger partial charge is 0.146 e. The van der Waals surface area contributed by atoms with E-state index in [1.807, 2.05) is 11.8 Å². The van der Waals surface area contributed by atoms with E-state index in [4.69, 9.17) is 0 Å². The first-order chi connectivity index (χ1) is 5.76. The van der Waals surface area contributed by atoms with Gasteiger partial charge in [0.15, 0.2) is 0 Å².